The van der Waals surface area contributed by atoms with Gasteiger partial charge in [0.05, 0.1) is 11.5 Å². The average molecular weight is 356 g/mol. The Kier molecular flexibility index (Phi) is 5.22. The fraction of sp³-hybridized carbons (Fsp3) is 0.467. The van der Waals surface area contributed by atoms with Gasteiger partial charge in [-0.3, -0.25) is 9.59 Å². The van der Waals surface area contributed by atoms with Gasteiger partial charge in [-0.25, -0.2) is 0 Å². The molecule has 0 aliphatic heterocycles. The second kappa shape index (κ2) is 6.93. The van der Waals surface area contributed by atoms with Gasteiger partial charge in [-0.2, -0.15) is 0 Å². The summed E-state index contributed by atoms with van der Waals surface area (Å²) < 4.78 is 0.712. The first-order valence-electron chi connectivity index (χ1n) is 6.97. The van der Waals surface area contributed by atoms with E-state index in [-0.39, 0.29) is 23.1 Å². The van der Waals surface area contributed by atoms with Crippen LogP contribution in [-0.4, -0.2) is 28.6 Å². The van der Waals surface area contributed by atoms with Crippen molar-refractivity contribution in [2.75, 3.05) is 6.54 Å². The molecule has 2 rings (SSSR count). The molecule has 1 saturated carbocycles. The van der Waals surface area contributed by atoms with Crippen molar-refractivity contribution in [2.45, 2.75) is 25.7 Å². The number of phenolic OH excluding ortho intramolecular Hbond substituents is 1. The topological polar surface area (TPSA) is 86.6 Å². The van der Waals surface area contributed by atoms with Crippen molar-refractivity contribution in [3.8, 4) is 5.75 Å². The first kappa shape index (κ1) is 15.8. The van der Waals surface area contributed by atoms with Crippen molar-refractivity contribution in [3.63, 3.8) is 0 Å². The molecule has 1 aliphatic carbocycles. The van der Waals surface area contributed by atoms with Crippen LogP contribution < -0.4 is 5.32 Å². The summed E-state index contributed by atoms with van der Waals surface area (Å²) in [5, 5.41) is 21.5. The monoisotopic (exact) mass is 355 g/mol. The minimum absolute atomic E-state index is 0.0588. The van der Waals surface area contributed by atoms with Gasteiger partial charge >= 0.3 is 5.97 Å². The minimum atomic E-state index is -0.725. The van der Waals surface area contributed by atoms with Gasteiger partial charge in [0.15, 0.2) is 0 Å². The highest BCUT2D eigenvalue weighted by molar-refractivity contribution is 9.10. The number of benzene rings is 1. The molecule has 0 heterocycles. The SMILES string of the molecule is O=C(NCC1CCC(C(=O)O)CC1)c1ccc(Br)cc1O. The van der Waals surface area contributed by atoms with Gasteiger partial charge < -0.3 is 15.5 Å². The molecule has 0 spiro atoms. The molecule has 1 amide bonds. The normalized spacial score (nSPS) is 21.8. The number of rotatable bonds is 4. The van der Waals surface area contributed by atoms with Gasteiger partial charge in [-0.15, -0.1) is 0 Å². The number of carbonyl (C=O) groups is 2. The Balaban J connectivity index is 1.83. The molecule has 1 aliphatic rings. The highest BCUT2D eigenvalue weighted by Crippen LogP contribution is 2.28. The lowest BCUT2D eigenvalue weighted by atomic mass is 9.82. The summed E-state index contributed by atoms with van der Waals surface area (Å²) >= 11 is 3.22. The van der Waals surface area contributed by atoms with Gasteiger partial charge in [-0.1, -0.05) is 15.9 Å². The van der Waals surface area contributed by atoms with E-state index < -0.39 is 5.97 Å². The van der Waals surface area contributed by atoms with Crippen LogP contribution in [0.5, 0.6) is 5.75 Å². The number of aliphatic carboxylic acids is 1. The largest absolute Gasteiger partial charge is 0.507 e. The van der Waals surface area contributed by atoms with Crippen molar-refractivity contribution in [1.82, 2.24) is 5.32 Å². The molecule has 114 valence electrons. The third-order valence-corrected chi connectivity index (χ3v) is 4.44. The molecular weight excluding hydrogens is 338 g/mol. The molecule has 21 heavy (non-hydrogen) atoms. The molecular formula is C15H18BrNO4. The minimum Gasteiger partial charge on any atom is -0.507 e. The van der Waals surface area contributed by atoms with E-state index in [9.17, 15) is 14.7 Å². The van der Waals surface area contributed by atoms with E-state index in [4.69, 9.17) is 5.11 Å². The predicted octanol–water partition coefficient (Wildman–Crippen LogP) is 2.78. The van der Waals surface area contributed by atoms with Crippen LogP contribution in [-0.2, 0) is 4.79 Å². The van der Waals surface area contributed by atoms with E-state index in [1.165, 1.54) is 6.07 Å². The molecule has 3 N–H and O–H groups in total. The Bertz CT molecular complexity index is 538. The van der Waals surface area contributed by atoms with Crippen LogP contribution in [0.1, 0.15) is 36.0 Å². The Morgan fingerprint density at radius 3 is 2.48 bits per heavy atom. The molecule has 0 atom stereocenters. The predicted molar refractivity (Wildman–Crippen MR) is 81.2 cm³/mol. The van der Waals surface area contributed by atoms with Crippen molar-refractivity contribution in [1.29, 1.82) is 0 Å². The average Bonchev–Trinajstić information content (AvgIpc) is 2.45. The molecule has 1 aromatic rings. The Labute approximate surface area is 131 Å². The maximum Gasteiger partial charge on any atom is 0.306 e. The van der Waals surface area contributed by atoms with Crippen molar-refractivity contribution in [2.24, 2.45) is 11.8 Å². The maximum absolute atomic E-state index is 12.0. The van der Waals surface area contributed by atoms with E-state index >= 15 is 0 Å². The van der Waals surface area contributed by atoms with Crippen LogP contribution in [0.15, 0.2) is 22.7 Å². The van der Waals surface area contributed by atoms with E-state index in [0.717, 1.165) is 12.8 Å². The lowest BCUT2D eigenvalue weighted by Crippen LogP contribution is -2.32. The van der Waals surface area contributed by atoms with Crippen molar-refractivity contribution >= 4 is 27.8 Å². The second-order valence-corrected chi connectivity index (χ2v) is 6.34. The van der Waals surface area contributed by atoms with E-state index in [1.807, 2.05) is 0 Å². The number of phenols is 1. The summed E-state index contributed by atoms with van der Waals surface area (Å²) in [5.41, 5.74) is 0.248. The number of carboxylic acids is 1. The number of hydrogen-bond acceptors (Lipinski definition) is 3. The zero-order chi connectivity index (χ0) is 15.4. The molecule has 0 unspecified atom stereocenters. The van der Waals surface area contributed by atoms with E-state index in [0.29, 0.717) is 29.8 Å². The smallest absolute Gasteiger partial charge is 0.306 e. The third kappa shape index (κ3) is 4.20. The molecule has 0 bridgehead atoms. The Morgan fingerprint density at radius 2 is 1.90 bits per heavy atom. The zero-order valence-electron chi connectivity index (χ0n) is 11.5. The molecule has 0 aromatic heterocycles. The maximum atomic E-state index is 12.0. The van der Waals surface area contributed by atoms with Crippen molar-refractivity contribution in [3.05, 3.63) is 28.2 Å². The number of amides is 1. The summed E-state index contributed by atoms with van der Waals surface area (Å²) in [7, 11) is 0. The molecule has 6 heteroatoms. The molecule has 1 fully saturated rings. The standard InChI is InChI=1S/C15H18BrNO4/c16-11-5-6-12(13(18)7-11)14(19)17-8-9-1-3-10(4-2-9)15(20)21/h5-7,9-10,18H,1-4,8H2,(H,17,19)(H,20,21). The summed E-state index contributed by atoms with van der Waals surface area (Å²) in [6.07, 6.45) is 2.95. The van der Waals surface area contributed by atoms with Gasteiger partial charge in [0.25, 0.3) is 5.91 Å². The lowest BCUT2D eigenvalue weighted by molar-refractivity contribution is -0.143. The van der Waals surface area contributed by atoms with E-state index in [2.05, 4.69) is 21.2 Å². The van der Waals surface area contributed by atoms with E-state index in [1.54, 1.807) is 12.1 Å². The fourth-order valence-corrected chi connectivity index (χ4v) is 2.99. The Morgan fingerprint density at radius 1 is 1.24 bits per heavy atom. The van der Waals surface area contributed by atoms with Gasteiger partial charge in [0, 0.05) is 11.0 Å². The fourth-order valence-electron chi connectivity index (χ4n) is 2.64. The molecule has 0 saturated heterocycles. The van der Waals surface area contributed by atoms with Crippen molar-refractivity contribution < 1.29 is 19.8 Å². The van der Waals surface area contributed by atoms with Crippen LogP contribution in [0.4, 0.5) is 0 Å². The summed E-state index contributed by atoms with van der Waals surface area (Å²) in [6.45, 7) is 0.515. The number of halogens is 1. The third-order valence-electron chi connectivity index (χ3n) is 3.95. The van der Waals surface area contributed by atoms with Crippen LogP contribution in [0, 0.1) is 11.8 Å². The number of carbonyl (C=O) groups excluding carboxylic acids is 1. The Hall–Kier alpha value is -1.56. The number of aromatic hydroxyl groups is 1. The highest BCUT2D eigenvalue weighted by atomic mass is 79.9. The summed E-state index contributed by atoms with van der Waals surface area (Å²) in [4.78, 5) is 22.9. The van der Waals surface area contributed by atoms with Crippen LogP contribution >= 0.6 is 15.9 Å². The zero-order valence-corrected chi connectivity index (χ0v) is 13.1. The highest BCUT2D eigenvalue weighted by Gasteiger charge is 2.26. The second-order valence-electron chi connectivity index (χ2n) is 5.43. The number of hydrogen-bond donors (Lipinski definition) is 3. The van der Waals surface area contributed by atoms with Crippen LogP contribution in [0.3, 0.4) is 0 Å². The van der Waals surface area contributed by atoms with Crippen LogP contribution in [0.2, 0.25) is 0 Å². The lowest BCUT2D eigenvalue weighted by Gasteiger charge is -2.26. The summed E-state index contributed by atoms with van der Waals surface area (Å²) in [5.74, 6) is -1.02. The molecule has 1 aromatic carbocycles. The van der Waals surface area contributed by atoms with Gasteiger partial charge in [0.1, 0.15) is 5.75 Å². The quantitative estimate of drug-likeness (QED) is 0.774. The first-order valence-corrected chi connectivity index (χ1v) is 7.76. The molecule has 5 nitrogen and oxygen atoms in total. The molecule has 0 radical (unpaired) electrons. The number of nitrogens with one attached hydrogen (secondary N) is 1. The first-order chi connectivity index (χ1) is 9.97. The number of carboxylic acid groups (broad SMARTS) is 1. The van der Waals surface area contributed by atoms with Gasteiger partial charge in [-0.05, 0) is 49.8 Å². The summed E-state index contributed by atoms with van der Waals surface area (Å²) in [6, 6.07) is 4.75. The van der Waals surface area contributed by atoms with Gasteiger partial charge in [0.2, 0.25) is 0 Å². The van der Waals surface area contributed by atoms with Crippen LogP contribution in [0.25, 0.3) is 0 Å².